The Bertz CT molecular complexity index is 2110. The number of fused-ring (bicyclic) bond motifs is 1. The van der Waals surface area contributed by atoms with Crippen LogP contribution in [0, 0.1) is 9.39 Å². The summed E-state index contributed by atoms with van der Waals surface area (Å²) in [5.41, 5.74) is 3.26. The summed E-state index contributed by atoms with van der Waals surface area (Å²) in [5, 5.41) is 0. The van der Waals surface area contributed by atoms with Gasteiger partial charge in [-0.2, -0.15) is 0 Å². The Morgan fingerprint density at radius 3 is 2.39 bits per heavy atom. The molecule has 0 bridgehead atoms. The highest BCUT2D eigenvalue weighted by molar-refractivity contribution is 14.1. The van der Waals surface area contributed by atoms with Gasteiger partial charge >= 0.3 is 5.97 Å². The van der Waals surface area contributed by atoms with Gasteiger partial charge in [0.05, 0.1) is 39.1 Å². The number of carbonyl (C=O) groups excluding carboxylic acids is 1. The fraction of sp³-hybridized carbons (Fsp3) is 0.139. The third kappa shape index (κ3) is 6.40. The summed E-state index contributed by atoms with van der Waals surface area (Å²) in [6.45, 7) is 2.23. The summed E-state index contributed by atoms with van der Waals surface area (Å²) in [6, 6.07) is 27.7. The van der Waals surface area contributed by atoms with Gasteiger partial charge in [-0.1, -0.05) is 84.1 Å². The van der Waals surface area contributed by atoms with Crippen molar-refractivity contribution in [1.82, 2.24) is 4.57 Å². The van der Waals surface area contributed by atoms with Crippen molar-refractivity contribution in [3.05, 3.63) is 154 Å². The molecule has 0 N–H and O–H groups in total. The second-order valence-corrected chi connectivity index (χ2v) is 12.5. The maximum atomic E-state index is 14.2. The summed E-state index contributed by atoms with van der Waals surface area (Å²) in [6.07, 6.45) is 1.77. The van der Waals surface area contributed by atoms with E-state index in [9.17, 15) is 14.0 Å². The standard InChI is InChI=1S/C36H28FIN2O5S/c1-3-44-35(42)30-31(24-12-8-5-9-13-24)39-36-40(32(30)25-14-16-26(37)17-15-25)34(41)29(46-36)20-23-18-27(38)33(28(19-23)43-2)45-21-22-10-6-4-7-11-22/h4-20,32H,3,21H2,1-2H3/b29-20-. The first-order valence-corrected chi connectivity index (χ1v) is 16.4. The molecule has 5 aromatic rings. The van der Waals surface area contributed by atoms with Crippen LogP contribution in [0.2, 0.25) is 0 Å². The van der Waals surface area contributed by atoms with Gasteiger partial charge in [0.1, 0.15) is 12.4 Å². The van der Waals surface area contributed by atoms with Gasteiger partial charge in [0.15, 0.2) is 16.3 Å². The second-order valence-electron chi connectivity index (χ2n) is 10.3. The highest BCUT2D eigenvalue weighted by Gasteiger charge is 2.35. The molecule has 1 aliphatic heterocycles. The van der Waals surface area contributed by atoms with E-state index in [4.69, 9.17) is 19.2 Å². The lowest BCUT2D eigenvalue weighted by atomic mass is 9.93. The lowest BCUT2D eigenvalue weighted by molar-refractivity contribution is -0.138. The zero-order chi connectivity index (χ0) is 32.2. The third-order valence-corrected chi connectivity index (χ3v) is 9.12. The predicted octanol–water partition coefficient (Wildman–Crippen LogP) is 6.27. The molecule has 0 aliphatic carbocycles. The molecule has 0 fully saturated rings. The molecule has 0 saturated heterocycles. The monoisotopic (exact) mass is 746 g/mol. The molecule has 1 aromatic heterocycles. The van der Waals surface area contributed by atoms with E-state index < -0.39 is 17.8 Å². The smallest absolute Gasteiger partial charge is 0.338 e. The lowest BCUT2D eigenvalue weighted by Gasteiger charge is -2.25. The quantitative estimate of drug-likeness (QED) is 0.131. The second kappa shape index (κ2) is 13.8. The molecule has 10 heteroatoms. The van der Waals surface area contributed by atoms with Crippen molar-refractivity contribution in [2.45, 2.75) is 19.6 Å². The SMILES string of the molecule is CCOC(=O)C1=C(c2ccccc2)N=c2s/c(=C\c3cc(I)c(OCc4ccccc4)c(OC)c3)c(=O)n2C1c1ccc(F)cc1. The summed E-state index contributed by atoms with van der Waals surface area (Å²) in [4.78, 5) is 33.0. The number of hydrogen-bond acceptors (Lipinski definition) is 7. The molecular weight excluding hydrogens is 718 g/mol. The number of esters is 1. The number of nitrogens with zero attached hydrogens (tertiary/aromatic N) is 2. The third-order valence-electron chi connectivity index (χ3n) is 7.33. The van der Waals surface area contributed by atoms with Gasteiger partial charge in [0, 0.05) is 5.56 Å². The minimum absolute atomic E-state index is 0.135. The fourth-order valence-electron chi connectivity index (χ4n) is 5.25. The first kappa shape index (κ1) is 31.4. The van der Waals surface area contributed by atoms with Crippen molar-refractivity contribution in [2.75, 3.05) is 13.7 Å². The highest BCUT2D eigenvalue weighted by Crippen LogP contribution is 2.36. The zero-order valence-electron chi connectivity index (χ0n) is 24.9. The van der Waals surface area contributed by atoms with Crippen LogP contribution in [0.25, 0.3) is 11.8 Å². The molecule has 0 spiro atoms. The Kier molecular flexibility index (Phi) is 9.46. The van der Waals surface area contributed by atoms with Gasteiger partial charge in [-0.3, -0.25) is 9.36 Å². The minimum Gasteiger partial charge on any atom is -0.493 e. The molecule has 46 heavy (non-hydrogen) atoms. The Morgan fingerprint density at radius 2 is 1.72 bits per heavy atom. The van der Waals surface area contributed by atoms with Gasteiger partial charge in [-0.25, -0.2) is 14.2 Å². The van der Waals surface area contributed by atoms with Crippen LogP contribution < -0.4 is 24.4 Å². The Balaban J connectivity index is 1.50. The zero-order valence-corrected chi connectivity index (χ0v) is 27.9. The van der Waals surface area contributed by atoms with Crippen molar-refractivity contribution in [3.63, 3.8) is 0 Å². The summed E-state index contributed by atoms with van der Waals surface area (Å²) < 4.78 is 34.0. The van der Waals surface area contributed by atoms with E-state index in [0.29, 0.717) is 44.3 Å². The van der Waals surface area contributed by atoms with Crippen molar-refractivity contribution < 1.29 is 23.4 Å². The van der Waals surface area contributed by atoms with Crippen LogP contribution in [0.4, 0.5) is 4.39 Å². The van der Waals surface area contributed by atoms with Crippen LogP contribution in [-0.4, -0.2) is 24.3 Å². The molecule has 0 saturated carbocycles. The number of thiazole rings is 1. The first-order chi connectivity index (χ1) is 22.4. The fourth-order valence-corrected chi connectivity index (χ4v) is 7.03. The van der Waals surface area contributed by atoms with Gasteiger partial charge in [-0.15, -0.1) is 0 Å². The summed E-state index contributed by atoms with van der Waals surface area (Å²) in [7, 11) is 1.57. The van der Waals surface area contributed by atoms with E-state index in [0.717, 1.165) is 14.7 Å². The Morgan fingerprint density at radius 1 is 1.02 bits per heavy atom. The molecule has 7 nitrogen and oxygen atoms in total. The van der Waals surface area contributed by atoms with Gasteiger partial charge in [-0.05, 0) is 76.5 Å². The van der Waals surface area contributed by atoms with E-state index in [1.165, 1.54) is 28.0 Å². The number of hydrogen-bond donors (Lipinski definition) is 0. The maximum Gasteiger partial charge on any atom is 0.338 e. The average Bonchev–Trinajstić information content (AvgIpc) is 3.38. The number of aromatic nitrogens is 1. The van der Waals surface area contributed by atoms with E-state index in [-0.39, 0.29) is 17.7 Å². The van der Waals surface area contributed by atoms with Gasteiger partial charge < -0.3 is 14.2 Å². The van der Waals surface area contributed by atoms with Crippen molar-refractivity contribution in [3.8, 4) is 11.5 Å². The number of ether oxygens (including phenoxy) is 3. The van der Waals surface area contributed by atoms with Crippen LogP contribution >= 0.6 is 33.9 Å². The van der Waals surface area contributed by atoms with Crippen LogP contribution in [-0.2, 0) is 16.1 Å². The number of benzene rings is 4. The van der Waals surface area contributed by atoms with Crippen LogP contribution in [0.3, 0.4) is 0 Å². The van der Waals surface area contributed by atoms with Crippen LogP contribution in [0.5, 0.6) is 11.5 Å². The molecule has 4 aromatic carbocycles. The summed E-state index contributed by atoms with van der Waals surface area (Å²) >= 11 is 3.40. The molecule has 1 aliphatic rings. The molecule has 0 amide bonds. The largest absolute Gasteiger partial charge is 0.493 e. The molecular formula is C36H28FIN2O5S. The van der Waals surface area contributed by atoms with Crippen molar-refractivity contribution in [1.29, 1.82) is 0 Å². The van der Waals surface area contributed by atoms with Crippen LogP contribution in [0.1, 0.15) is 35.2 Å². The number of rotatable bonds is 9. The molecule has 0 radical (unpaired) electrons. The summed E-state index contributed by atoms with van der Waals surface area (Å²) in [5.74, 6) is 0.107. The average molecular weight is 747 g/mol. The number of carbonyl (C=O) groups is 1. The minimum atomic E-state index is -0.892. The number of methoxy groups -OCH3 is 1. The van der Waals surface area contributed by atoms with Crippen molar-refractivity contribution in [2.24, 2.45) is 4.99 Å². The molecule has 2 heterocycles. The Labute approximate surface area is 282 Å². The van der Waals surface area contributed by atoms with Gasteiger partial charge in [0.25, 0.3) is 5.56 Å². The van der Waals surface area contributed by atoms with E-state index in [2.05, 4.69) is 22.6 Å². The topological polar surface area (TPSA) is 79.1 Å². The molecule has 1 atom stereocenters. The maximum absolute atomic E-state index is 14.2. The number of halogens is 2. The normalized spacial score (nSPS) is 14.4. The molecule has 6 rings (SSSR count). The molecule has 232 valence electrons. The van der Waals surface area contributed by atoms with E-state index in [1.54, 1.807) is 32.2 Å². The van der Waals surface area contributed by atoms with Crippen LogP contribution in [0.15, 0.2) is 112 Å². The Hall–Kier alpha value is -4.55. The predicted molar refractivity (Wildman–Crippen MR) is 184 cm³/mol. The van der Waals surface area contributed by atoms with Crippen molar-refractivity contribution >= 4 is 51.7 Å². The molecule has 1 unspecified atom stereocenters. The lowest BCUT2D eigenvalue weighted by Crippen LogP contribution is -2.40. The van der Waals surface area contributed by atoms with E-state index >= 15 is 0 Å². The van der Waals surface area contributed by atoms with E-state index in [1.807, 2.05) is 72.8 Å². The van der Waals surface area contributed by atoms with Gasteiger partial charge in [0.2, 0.25) is 0 Å². The first-order valence-electron chi connectivity index (χ1n) is 14.5. The highest BCUT2D eigenvalue weighted by atomic mass is 127.